The van der Waals surface area contributed by atoms with E-state index in [1.54, 1.807) is 6.07 Å². The summed E-state index contributed by atoms with van der Waals surface area (Å²) < 4.78 is 27.3. The van der Waals surface area contributed by atoms with E-state index in [4.69, 9.17) is 0 Å². The molecule has 3 rings (SSSR count). The largest absolute Gasteiger partial charge is 0.356 e. The van der Waals surface area contributed by atoms with Gasteiger partial charge in [-0.2, -0.15) is 4.31 Å². The van der Waals surface area contributed by atoms with Gasteiger partial charge in [0.1, 0.15) is 4.21 Å². The molecule has 1 saturated heterocycles. The second kappa shape index (κ2) is 7.54. The van der Waals surface area contributed by atoms with Gasteiger partial charge in [0.25, 0.3) is 10.0 Å². The minimum absolute atomic E-state index is 0.0177. The predicted molar refractivity (Wildman–Crippen MR) is 95.5 cm³/mol. The number of carbonyl (C=O) groups is 1. The van der Waals surface area contributed by atoms with E-state index in [-0.39, 0.29) is 11.8 Å². The molecule has 7 heteroatoms. The van der Waals surface area contributed by atoms with Crippen LogP contribution in [0.3, 0.4) is 0 Å². The highest BCUT2D eigenvalue weighted by Crippen LogP contribution is 2.28. The van der Waals surface area contributed by atoms with Crippen LogP contribution in [0, 0.1) is 18.8 Å². The zero-order valence-electron chi connectivity index (χ0n) is 14.2. The summed E-state index contributed by atoms with van der Waals surface area (Å²) in [6.07, 6.45) is 6.43. The second-order valence-electron chi connectivity index (χ2n) is 6.96. The van der Waals surface area contributed by atoms with E-state index in [2.05, 4.69) is 5.32 Å². The fraction of sp³-hybridized carbons (Fsp3) is 0.706. The van der Waals surface area contributed by atoms with Crippen LogP contribution in [0.4, 0.5) is 0 Å². The Morgan fingerprint density at radius 3 is 2.67 bits per heavy atom. The van der Waals surface area contributed by atoms with Crippen molar-refractivity contribution in [3.63, 3.8) is 0 Å². The van der Waals surface area contributed by atoms with E-state index < -0.39 is 10.0 Å². The Balaban J connectivity index is 1.60. The van der Waals surface area contributed by atoms with E-state index in [1.165, 1.54) is 41.3 Å². The average molecular weight is 371 g/mol. The maximum Gasteiger partial charge on any atom is 0.252 e. The number of sulfonamides is 1. The van der Waals surface area contributed by atoms with Crippen LogP contribution < -0.4 is 5.32 Å². The summed E-state index contributed by atoms with van der Waals surface area (Å²) in [6, 6.07) is 3.49. The molecule has 2 fully saturated rings. The van der Waals surface area contributed by atoms with Gasteiger partial charge in [-0.05, 0) is 50.7 Å². The molecule has 2 aliphatic rings. The summed E-state index contributed by atoms with van der Waals surface area (Å²) in [4.78, 5) is 13.4. The maximum atomic E-state index is 12.7. The lowest BCUT2D eigenvalue weighted by Crippen LogP contribution is -2.45. The summed E-state index contributed by atoms with van der Waals surface area (Å²) in [7, 11) is -3.47. The van der Waals surface area contributed by atoms with Gasteiger partial charge < -0.3 is 5.32 Å². The lowest BCUT2D eigenvalue weighted by Gasteiger charge is -2.31. The lowest BCUT2D eigenvalue weighted by molar-refractivity contribution is -0.126. The Kier molecular flexibility index (Phi) is 5.62. The molecule has 24 heavy (non-hydrogen) atoms. The Labute approximate surface area is 148 Å². The average Bonchev–Trinajstić information content (AvgIpc) is 3.24. The predicted octanol–water partition coefficient (Wildman–Crippen LogP) is 2.76. The number of carbonyl (C=O) groups excluding carboxylic acids is 1. The monoisotopic (exact) mass is 370 g/mol. The number of amides is 1. The van der Waals surface area contributed by atoms with E-state index in [1.807, 2.05) is 13.0 Å². The van der Waals surface area contributed by atoms with Gasteiger partial charge in [0, 0.05) is 24.5 Å². The first-order valence-corrected chi connectivity index (χ1v) is 11.1. The lowest BCUT2D eigenvalue weighted by atomic mass is 9.98. The molecular weight excluding hydrogens is 344 g/mol. The molecule has 1 aromatic rings. The zero-order valence-corrected chi connectivity index (χ0v) is 15.8. The quantitative estimate of drug-likeness (QED) is 0.867. The molecule has 1 aromatic heterocycles. The third kappa shape index (κ3) is 4.00. The maximum absolute atomic E-state index is 12.7. The van der Waals surface area contributed by atoms with Crippen LogP contribution in [0.5, 0.6) is 0 Å². The third-order valence-corrected chi connectivity index (χ3v) is 8.44. The number of aryl methyl sites for hydroxylation is 1. The third-order valence-electron chi connectivity index (χ3n) is 5.10. The number of piperidine rings is 1. The van der Waals surface area contributed by atoms with Crippen molar-refractivity contribution >= 4 is 27.3 Å². The molecule has 1 unspecified atom stereocenters. The standard InChI is InChI=1S/C17H26N2O3S2/c1-13-8-9-16(23-13)24(21,22)19-10-4-7-15(12-19)17(20)18-11-14-5-2-3-6-14/h8-9,14-15H,2-7,10-12H2,1H3,(H,18,20). The molecule has 1 saturated carbocycles. The minimum Gasteiger partial charge on any atom is -0.356 e. The van der Waals surface area contributed by atoms with Crippen molar-refractivity contribution < 1.29 is 13.2 Å². The number of hydrogen-bond acceptors (Lipinski definition) is 4. The van der Waals surface area contributed by atoms with Gasteiger partial charge in [-0.25, -0.2) is 8.42 Å². The first kappa shape index (κ1) is 17.9. The van der Waals surface area contributed by atoms with Gasteiger partial charge in [-0.3, -0.25) is 4.79 Å². The smallest absolute Gasteiger partial charge is 0.252 e. The first-order chi connectivity index (χ1) is 11.5. The summed E-state index contributed by atoms with van der Waals surface area (Å²) in [5, 5.41) is 3.05. The number of nitrogens with zero attached hydrogens (tertiary/aromatic N) is 1. The highest BCUT2D eigenvalue weighted by molar-refractivity contribution is 7.91. The summed E-state index contributed by atoms with van der Waals surface area (Å²) >= 11 is 1.29. The fourth-order valence-electron chi connectivity index (χ4n) is 3.66. The Bertz CT molecular complexity index is 678. The van der Waals surface area contributed by atoms with E-state index in [9.17, 15) is 13.2 Å². The SMILES string of the molecule is Cc1ccc(S(=O)(=O)N2CCCC(C(=O)NCC3CCCC3)C2)s1. The van der Waals surface area contributed by atoms with Crippen molar-refractivity contribution in [3.05, 3.63) is 17.0 Å². The summed E-state index contributed by atoms with van der Waals surface area (Å²) in [5.41, 5.74) is 0. The van der Waals surface area contributed by atoms with E-state index >= 15 is 0 Å². The Morgan fingerprint density at radius 1 is 1.25 bits per heavy atom. The van der Waals surface area contributed by atoms with Crippen LogP contribution >= 0.6 is 11.3 Å². The molecule has 1 atom stereocenters. The summed E-state index contributed by atoms with van der Waals surface area (Å²) in [6.45, 7) is 3.45. The van der Waals surface area contributed by atoms with Crippen molar-refractivity contribution in [2.45, 2.75) is 49.7 Å². The molecule has 0 aromatic carbocycles. The van der Waals surface area contributed by atoms with Gasteiger partial charge in [-0.1, -0.05) is 12.8 Å². The highest BCUT2D eigenvalue weighted by atomic mass is 32.2. The van der Waals surface area contributed by atoms with Crippen LogP contribution in [0.1, 0.15) is 43.4 Å². The molecule has 0 spiro atoms. The molecular formula is C17H26N2O3S2. The van der Waals surface area contributed by atoms with Gasteiger partial charge in [0.15, 0.2) is 0 Å². The van der Waals surface area contributed by atoms with Crippen LogP contribution in [0.2, 0.25) is 0 Å². The fourth-order valence-corrected chi connectivity index (χ4v) is 6.62. The Hall–Kier alpha value is -0.920. The molecule has 1 aliphatic carbocycles. The topological polar surface area (TPSA) is 66.5 Å². The van der Waals surface area contributed by atoms with Crippen LogP contribution in [0.25, 0.3) is 0 Å². The molecule has 1 amide bonds. The van der Waals surface area contributed by atoms with Crippen LogP contribution in [0.15, 0.2) is 16.3 Å². The normalized spacial score (nSPS) is 23.5. The molecule has 134 valence electrons. The number of hydrogen-bond donors (Lipinski definition) is 1. The minimum atomic E-state index is -3.47. The molecule has 1 N–H and O–H groups in total. The van der Waals surface area contributed by atoms with Gasteiger partial charge in [0.05, 0.1) is 5.92 Å². The van der Waals surface area contributed by atoms with Gasteiger partial charge in [-0.15, -0.1) is 11.3 Å². The van der Waals surface area contributed by atoms with Crippen LogP contribution in [-0.2, 0) is 14.8 Å². The van der Waals surface area contributed by atoms with Crippen molar-refractivity contribution in [1.29, 1.82) is 0 Å². The first-order valence-electron chi connectivity index (χ1n) is 8.81. The van der Waals surface area contributed by atoms with Crippen molar-refractivity contribution in [2.75, 3.05) is 19.6 Å². The molecule has 1 aliphatic heterocycles. The van der Waals surface area contributed by atoms with Crippen molar-refractivity contribution in [3.8, 4) is 0 Å². The van der Waals surface area contributed by atoms with Gasteiger partial charge >= 0.3 is 0 Å². The number of thiophene rings is 1. The Morgan fingerprint density at radius 2 is 2.00 bits per heavy atom. The van der Waals surface area contributed by atoms with Gasteiger partial charge in [0.2, 0.25) is 5.91 Å². The second-order valence-corrected chi connectivity index (χ2v) is 10.4. The van der Waals surface area contributed by atoms with E-state index in [0.717, 1.165) is 24.3 Å². The van der Waals surface area contributed by atoms with Crippen molar-refractivity contribution in [2.24, 2.45) is 11.8 Å². The summed E-state index contributed by atoms with van der Waals surface area (Å²) in [5.74, 6) is 0.395. The molecule has 0 bridgehead atoms. The van der Waals surface area contributed by atoms with E-state index in [0.29, 0.717) is 23.2 Å². The molecule has 2 heterocycles. The molecule has 0 radical (unpaired) electrons. The zero-order chi connectivity index (χ0) is 17.2. The molecule has 5 nitrogen and oxygen atoms in total. The number of rotatable bonds is 5. The highest BCUT2D eigenvalue weighted by Gasteiger charge is 2.34. The van der Waals surface area contributed by atoms with Crippen molar-refractivity contribution in [1.82, 2.24) is 9.62 Å². The number of nitrogens with one attached hydrogen (secondary N) is 1. The van der Waals surface area contributed by atoms with Crippen LogP contribution in [-0.4, -0.2) is 38.3 Å².